The molecule has 1 aliphatic heterocycles. The number of rotatable bonds is 9. The van der Waals surface area contributed by atoms with Crippen molar-refractivity contribution in [2.45, 2.75) is 52.2 Å². The highest BCUT2D eigenvalue weighted by Gasteiger charge is 2.29. The van der Waals surface area contributed by atoms with E-state index in [-0.39, 0.29) is 37.5 Å². The summed E-state index contributed by atoms with van der Waals surface area (Å²) in [5, 5.41) is 31.6. The molecule has 5 amide bonds. The summed E-state index contributed by atoms with van der Waals surface area (Å²) in [5.41, 5.74) is 0. The molecule has 11 nitrogen and oxygen atoms in total. The normalized spacial score (nSPS) is 22.1. The summed E-state index contributed by atoms with van der Waals surface area (Å²) < 4.78 is 0. The molecule has 0 saturated heterocycles. The van der Waals surface area contributed by atoms with Crippen molar-refractivity contribution in [3.63, 3.8) is 0 Å². The summed E-state index contributed by atoms with van der Waals surface area (Å²) >= 11 is 0. The summed E-state index contributed by atoms with van der Waals surface area (Å²) in [6.07, 6.45) is 6.75. The van der Waals surface area contributed by atoms with Crippen molar-refractivity contribution in [3.05, 3.63) is 24.3 Å². The van der Waals surface area contributed by atoms with Gasteiger partial charge in [-0.1, -0.05) is 45.9 Å². The first-order valence-electron chi connectivity index (χ1n) is 11.6. The number of amides is 5. The molecule has 0 unspecified atom stereocenters. The van der Waals surface area contributed by atoms with Crippen LogP contribution in [0.25, 0.3) is 0 Å². The molecular formula is C23H39N5O6. The van der Waals surface area contributed by atoms with Gasteiger partial charge in [0.05, 0.1) is 0 Å². The molecule has 1 aliphatic rings. The summed E-state index contributed by atoms with van der Waals surface area (Å²) in [6, 6.07) is -2.94. The Bertz CT molecular complexity index is 748. The van der Waals surface area contributed by atoms with E-state index >= 15 is 0 Å². The van der Waals surface area contributed by atoms with Crippen molar-refractivity contribution in [2.24, 2.45) is 17.8 Å². The van der Waals surface area contributed by atoms with Gasteiger partial charge in [-0.05, 0) is 18.3 Å². The van der Waals surface area contributed by atoms with Crippen LogP contribution in [0, 0.1) is 17.8 Å². The lowest BCUT2D eigenvalue weighted by molar-refractivity contribution is -0.129. The molecule has 0 aromatic carbocycles. The Morgan fingerprint density at radius 2 is 1.79 bits per heavy atom. The maximum atomic E-state index is 13.0. The predicted octanol–water partition coefficient (Wildman–Crippen LogP) is -0.831. The maximum Gasteiger partial charge on any atom is 0.315 e. The zero-order valence-corrected chi connectivity index (χ0v) is 20.3. The average molecular weight is 482 g/mol. The third-order valence-electron chi connectivity index (χ3n) is 5.30. The Morgan fingerprint density at radius 1 is 1.12 bits per heavy atom. The van der Waals surface area contributed by atoms with Gasteiger partial charge in [-0.25, -0.2) is 4.79 Å². The second-order valence-corrected chi connectivity index (χ2v) is 8.94. The third-order valence-corrected chi connectivity index (χ3v) is 5.30. The number of hydrogen-bond donors (Lipinski definition) is 7. The molecule has 192 valence electrons. The van der Waals surface area contributed by atoms with Gasteiger partial charge in [0.15, 0.2) is 0 Å². The minimum absolute atomic E-state index is 0.00622. The number of hydrogen-bond acceptors (Lipinski definition) is 6. The summed E-state index contributed by atoms with van der Waals surface area (Å²) in [5.74, 6) is -1.99. The molecule has 0 aliphatic carbocycles. The molecule has 34 heavy (non-hydrogen) atoms. The zero-order valence-electron chi connectivity index (χ0n) is 20.3. The molecular weight excluding hydrogens is 442 g/mol. The van der Waals surface area contributed by atoms with Gasteiger partial charge in [0.1, 0.15) is 12.1 Å². The predicted molar refractivity (Wildman–Crippen MR) is 127 cm³/mol. The van der Waals surface area contributed by atoms with Crippen LogP contribution in [0.4, 0.5) is 4.79 Å². The van der Waals surface area contributed by atoms with Gasteiger partial charge in [-0.15, -0.1) is 0 Å². The highest BCUT2D eigenvalue weighted by Crippen LogP contribution is 2.07. The lowest BCUT2D eigenvalue weighted by Crippen LogP contribution is -2.57. The largest absolute Gasteiger partial charge is 0.396 e. The fraction of sp³-hybridized carbons (Fsp3) is 0.652. The van der Waals surface area contributed by atoms with Crippen LogP contribution in [0.1, 0.15) is 34.1 Å². The molecule has 0 saturated carbocycles. The van der Waals surface area contributed by atoms with Crippen molar-refractivity contribution in [3.8, 4) is 0 Å². The van der Waals surface area contributed by atoms with E-state index in [2.05, 4.69) is 26.6 Å². The molecule has 0 aromatic rings. The highest BCUT2D eigenvalue weighted by molar-refractivity contribution is 5.93. The van der Waals surface area contributed by atoms with Crippen molar-refractivity contribution in [2.75, 3.05) is 26.3 Å². The summed E-state index contributed by atoms with van der Waals surface area (Å²) in [7, 11) is 0. The fourth-order valence-corrected chi connectivity index (χ4v) is 3.05. The van der Waals surface area contributed by atoms with Gasteiger partial charge in [-0.3, -0.25) is 14.4 Å². The van der Waals surface area contributed by atoms with Gasteiger partial charge in [0.25, 0.3) is 0 Å². The number of aliphatic hydroxyl groups excluding tert-OH is 2. The van der Waals surface area contributed by atoms with E-state index in [9.17, 15) is 19.2 Å². The number of urea groups is 1. The molecule has 3 atom stereocenters. The molecule has 7 N–H and O–H groups in total. The van der Waals surface area contributed by atoms with Crippen LogP contribution in [-0.2, 0) is 14.4 Å². The Hall–Kier alpha value is -2.92. The van der Waals surface area contributed by atoms with Crippen LogP contribution in [-0.4, -0.2) is 78.4 Å². The van der Waals surface area contributed by atoms with Crippen LogP contribution in [0.15, 0.2) is 24.3 Å². The Kier molecular flexibility index (Phi) is 12.9. The van der Waals surface area contributed by atoms with Crippen molar-refractivity contribution in [1.82, 2.24) is 26.6 Å². The minimum Gasteiger partial charge on any atom is -0.396 e. The van der Waals surface area contributed by atoms with E-state index in [4.69, 9.17) is 10.2 Å². The second kappa shape index (κ2) is 15.1. The number of aliphatic hydroxyl groups is 2. The molecule has 1 heterocycles. The van der Waals surface area contributed by atoms with Crippen LogP contribution in [0.3, 0.4) is 0 Å². The van der Waals surface area contributed by atoms with Gasteiger partial charge >= 0.3 is 6.03 Å². The first-order chi connectivity index (χ1) is 16.1. The van der Waals surface area contributed by atoms with Crippen LogP contribution < -0.4 is 26.6 Å². The van der Waals surface area contributed by atoms with Crippen LogP contribution in [0.2, 0.25) is 0 Å². The Balaban J connectivity index is 2.92. The van der Waals surface area contributed by atoms with Crippen LogP contribution >= 0.6 is 0 Å². The molecule has 0 fully saturated rings. The SMILES string of the molecule is CC(C)[C@H](NC(=O)NCC(CO)CO)C(=O)N[C@H]1/C=C/CCNC(=O)/C=C/[C@H](C(C)C)NC1=O. The zero-order chi connectivity index (χ0) is 25.7. The number of carbonyl (C=O) groups is 4. The highest BCUT2D eigenvalue weighted by atomic mass is 16.3. The van der Waals surface area contributed by atoms with Crippen molar-refractivity contribution in [1.29, 1.82) is 0 Å². The van der Waals surface area contributed by atoms with Crippen LogP contribution in [0.5, 0.6) is 0 Å². The van der Waals surface area contributed by atoms with E-state index in [0.29, 0.717) is 13.0 Å². The quantitative estimate of drug-likeness (QED) is 0.212. The second-order valence-electron chi connectivity index (χ2n) is 8.94. The average Bonchev–Trinajstić information content (AvgIpc) is 2.78. The van der Waals surface area contributed by atoms with Gasteiger partial charge in [0.2, 0.25) is 17.7 Å². The van der Waals surface area contributed by atoms with Gasteiger partial charge < -0.3 is 36.8 Å². The topological polar surface area (TPSA) is 169 Å². The standard InChI is InChI=1S/C23H39N5O6/c1-14(2)17-8-9-19(31)24-10-6-5-7-18(21(32)26-17)27-22(33)20(15(3)4)28-23(34)25-11-16(12-29)13-30/h5,7-9,14-18,20,29-30H,6,10-13H2,1-4H3,(H,24,31)(H,26,32)(H,27,33)(H2,25,28,34)/b7-5+,9-8+/t17-,18+,20+/m1/s1. The number of carbonyl (C=O) groups excluding carboxylic acids is 4. The third kappa shape index (κ3) is 10.3. The molecule has 1 rings (SSSR count). The van der Waals surface area contributed by atoms with Gasteiger partial charge in [0, 0.05) is 44.3 Å². The van der Waals surface area contributed by atoms with Crippen molar-refractivity contribution < 1.29 is 29.4 Å². The maximum absolute atomic E-state index is 13.0. The monoisotopic (exact) mass is 481 g/mol. The molecule has 11 heteroatoms. The smallest absolute Gasteiger partial charge is 0.315 e. The Morgan fingerprint density at radius 3 is 2.38 bits per heavy atom. The molecule has 0 aromatic heterocycles. The molecule has 0 radical (unpaired) electrons. The fourth-order valence-electron chi connectivity index (χ4n) is 3.05. The summed E-state index contributed by atoms with van der Waals surface area (Å²) in [4.78, 5) is 50.1. The van der Waals surface area contributed by atoms with E-state index in [1.54, 1.807) is 32.1 Å². The molecule has 0 spiro atoms. The lowest BCUT2D eigenvalue weighted by atomic mass is 10.0. The van der Waals surface area contributed by atoms with E-state index in [1.807, 2.05) is 13.8 Å². The molecule has 0 bridgehead atoms. The Labute approximate surface area is 200 Å². The van der Waals surface area contributed by atoms with Crippen molar-refractivity contribution >= 4 is 23.8 Å². The van der Waals surface area contributed by atoms with E-state index < -0.39 is 41.9 Å². The first kappa shape index (κ1) is 29.1. The summed E-state index contributed by atoms with van der Waals surface area (Å²) in [6.45, 7) is 7.17. The van der Waals surface area contributed by atoms with E-state index in [0.717, 1.165) is 0 Å². The minimum atomic E-state index is -0.975. The van der Waals surface area contributed by atoms with Gasteiger partial charge in [-0.2, -0.15) is 0 Å². The van der Waals surface area contributed by atoms with E-state index in [1.165, 1.54) is 6.08 Å². The lowest BCUT2D eigenvalue weighted by Gasteiger charge is -2.26. The number of nitrogens with one attached hydrogen (secondary N) is 5. The first-order valence-corrected chi connectivity index (χ1v) is 11.6.